The van der Waals surface area contributed by atoms with E-state index in [0.29, 0.717) is 5.56 Å². The minimum atomic E-state index is -0.0580. The first-order valence-corrected chi connectivity index (χ1v) is 7.86. The first kappa shape index (κ1) is 15.1. The van der Waals surface area contributed by atoms with Crippen molar-refractivity contribution in [1.82, 2.24) is 4.90 Å². The van der Waals surface area contributed by atoms with Crippen LogP contribution in [0.3, 0.4) is 0 Å². The lowest BCUT2D eigenvalue weighted by atomic mass is 10.1. The third-order valence-electron chi connectivity index (χ3n) is 3.30. The average molecular weight is 354 g/mol. The molecule has 20 heavy (non-hydrogen) atoms. The molecule has 1 amide bonds. The molecule has 1 heterocycles. The Morgan fingerprint density at radius 1 is 1.40 bits per heavy atom. The first-order valence-electron chi connectivity index (χ1n) is 6.18. The van der Waals surface area contributed by atoms with Gasteiger partial charge in [0.15, 0.2) is 0 Å². The van der Waals surface area contributed by atoms with Gasteiger partial charge in [0.25, 0.3) is 5.91 Å². The fourth-order valence-electron chi connectivity index (χ4n) is 2.02. The number of carbonyl (C=O) groups is 1. The van der Waals surface area contributed by atoms with Gasteiger partial charge in [0.2, 0.25) is 0 Å². The Balaban J connectivity index is 2.24. The van der Waals surface area contributed by atoms with Crippen molar-refractivity contribution in [2.24, 2.45) is 0 Å². The maximum absolute atomic E-state index is 12.4. The molecule has 1 aromatic carbocycles. The Morgan fingerprint density at radius 2 is 2.10 bits per heavy atom. The van der Waals surface area contributed by atoms with Gasteiger partial charge in [-0.25, -0.2) is 0 Å². The van der Waals surface area contributed by atoms with Gasteiger partial charge >= 0.3 is 0 Å². The highest BCUT2D eigenvalue weighted by Gasteiger charge is 2.21. The Kier molecular flexibility index (Phi) is 4.83. The van der Waals surface area contributed by atoms with E-state index in [1.807, 2.05) is 49.7 Å². The average Bonchev–Trinajstić information content (AvgIpc) is 2.91. The van der Waals surface area contributed by atoms with Crippen molar-refractivity contribution in [2.45, 2.75) is 13.0 Å². The van der Waals surface area contributed by atoms with Crippen LogP contribution in [0.15, 0.2) is 39.5 Å². The highest BCUT2D eigenvalue weighted by molar-refractivity contribution is 9.11. The van der Waals surface area contributed by atoms with Crippen LogP contribution in [0.5, 0.6) is 5.75 Å². The molecule has 3 nitrogen and oxygen atoms in total. The van der Waals surface area contributed by atoms with E-state index < -0.39 is 0 Å². The van der Waals surface area contributed by atoms with Crippen LogP contribution in [-0.4, -0.2) is 25.0 Å². The zero-order valence-corrected chi connectivity index (χ0v) is 14.0. The number of halogens is 1. The van der Waals surface area contributed by atoms with Crippen molar-refractivity contribution in [1.29, 1.82) is 0 Å². The second-order valence-corrected chi connectivity index (χ2v) is 6.76. The zero-order valence-electron chi connectivity index (χ0n) is 11.6. The summed E-state index contributed by atoms with van der Waals surface area (Å²) in [6.07, 6.45) is 0. The summed E-state index contributed by atoms with van der Waals surface area (Å²) in [7, 11) is 3.45. The predicted octanol–water partition coefficient (Wildman–Crippen LogP) is 4.35. The summed E-state index contributed by atoms with van der Waals surface area (Å²) in [5.74, 6) is 0.802. The van der Waals surface area contributed by atoms with E-state index in [0.717, 1.165) is 15.1 Å². The van der Waals surface area contributed by atoms with Crippen LogP contribution in [0, 0.1) is 0 Å². The van der Waals surface area contributed by atoms with Gasteiger partial charge in [-0.1, -0.05) is 18.2 Å². The summed E-state index contributed by atoms with van der Waals surface area (Å²) < 4.78 is 6.32. The third kappa shape index (κ3) is 3.04. The number of rotatable bonds is 4. The van der Waals surface area contributed by atoms with Crippen LogP contribution in [0.2, 0.25) is 0 Å². The summed E-state index contributed by atoms with van der Waals surface area (Å²) in [5.41, 5.74) is 1.70. The molecule has 2 aromatic rings. The van der Waals surface area contributed by atoms with Crippen LogP contribution in [0.4, 0.5) is 0 Å². The number of hydrogen-bond donors (Lipinski definition) is 0. The number of nitrogens with zero attached hydrogens (tertiary/aromatic N) is 1. The molecule has 0 spiro atoms. The second-order valence-electron chi connectivity index (χ2n) is 4.47. The van der Waals surface area contributed by atoms with E-state index in [2.05, 4.69) is 15.9 Å². The number of hydrogen-bond acceptors (Lipinski definition) is 3. The van der Waals surface area contributed by atoms with Gasteiger partial charge in [-0.2, -0.15) is 0 Å². The zero-order chi connectivity index (χ0) is 14.7. The molecule has 0 aliphatic heterocycles. The minimum Gasteiger partial charge on any atom is -0.496 e. The molecule has 0 radical (unpaired) electrons. The molecule has 1 aromatic heterocycles. The first-order chi connectivity index (χ1) is 9.54. The van der Waals surface area contributed by atoms with E-state index in [1.54, 1.807) is 12.0 Å². The molecular formula is C15H16BrNO2S. The monoisotopic (exact) mass is 353 g/mol. The fourth-order valence-corrected chi connectivity index (χ4v) is 3.15. The third-order valence-corrected chi connectivity index (χ3v) is 4.81. The number of ether oxygens (including phenoxy) is 1. The number of carbonyl (C=O) groups excluding carboxylic acids is 1. The van der Waals surface area contributed by atoms with Crippen LogP contribution in [0.25, 0.3) is 0 Å². The normalized spacial score (nSPS) is 12.0. The number of methoxy groups -OCH3 is 1. The van der Waals surface area contributed by atoms with E-state index >= 15 is 0 Å². The molecule has 0 aliphatic rings. The maximum Gasteiger partial charge on any atom is 0.254 e. The molecule has 106 valence electrons. The number of para-hydroxylation sites is 1. The fraction of sp³-hybridized carbons (Fsp3) is 0.267. The highest BCUT2D eigenvalue weighted by Crippen LogP contribution is 2.30. The summed E-state index contributed by atoms with van der Waals surface area (Å²) in [4.78, 5) is 14.2. The molecule has 0 fully saturated rings. The van der Waals surface area contributed by atoms with Gasteiger partial charge in [0, 0.05) is 18.0 Å². The number of amides is 1. The lowest BCUT2D eigenvalue weighted by Crippen LogP contribution is -2.29. The number of benzene rings is 1. The van der Waals surface area contributed by atoms with Gasteiger partial charge in [-0.05, 0) is 35.0 Å². The van der Waals surface area contributed by atoms with Crippen LogP contribution < -0.4 is 4.74 Å². The van der Waals surface area contributed by atoms with Crippen LogP contribution in [0.1, 0.15) is 28.9 Å². The molecular weight excluding hydrogens is 338 g/mol. The van der Waals surface area contributed by atoms with Crippen molar-refractivity contribution in [3.8, 4) is 5.75 Å². The Morgan fingerprint density at radius 3 is 2.70 bits per heavy atom. The molecule has 0 bridgehead atoms. The Bertz CT molecular complexity index is 611. The van der Waals surface area contributed by atoms with E-state index in [1.165, 1.54) is 11.3 Å². The van der Waals surface area contributed by atoms with Gasteiger partial charge in [0.1, 0.15) is 5.75 Å². The Hall–Kier alpha value is -1.33. The van der Waals surface area contributed by atoms with Crippen molar-refractivity contribution in [2.75, 3.05) is 14.2 Å². The minimum absolute atomic E-state index is 0.00496. The quantitative estimate of drug-likeness (QED) is 0.817. The van der Waals surface area contributed by atoms with Crippen LogP contribution in [-0.2, 0) is 0 Å². The predicted molar refractivity (Wildman–Crippen MR) is 85.5 cm³/mol. The van der Waals surface area contributed by atoms with Crippen molar-refractivity contribution in [3.63, 3.8) is 0 Å². The largest absolute Gasteiger partial charge is 0.496 e. The molecule has 2 rings (SSSR count). The summed E-state index contributed by atoms with van der Waals surface area (Å²) in [6.45, 7) is 2.00. The van der Waals surface area contributed by atoms with Gasteiger partial charge in [-0.3, -0.25) is 4.79 Å². The molecule has 5 heteroatoms. The lowest BCUT2D eigenvalue weighted by molar-refractivity contribution is 0.0741. The van der Waals surface area contributed by atoms with Crippen LogP contribution >= 0.6 is 27.3 Å². The van der Waals surface area contributed by atoms with Crippen molar-refractivity contribution < 1.29 is 9.53 Å². The van der Waals surface area contributed by atoms with E-state index in [9.17, 15) is 4.79 Å². The summed E-state index contributed by atoms with van der Waals surface area (Å²) >= 11 is 4.89. The summed E-state index contributed by atoms with van der Waals surface area (Å²) in [6, 6.07) is 9.55. The molecule has 0 aliphatic carbocycles. The molecule has 1 unspecified atom stereocenters. The number of thiophene rings is 1. The van der Waals surface area contributed by atoms with Gasteiger partial charge in [0.05, 0.1) is 22.5 Å². The van der Waals surface area contributed by atoms with E-state index in [4.69, 9.17) is 4.74 Å². The van der Waals surface area contributed by atoms with E-state index in [-0.39, 0.29) is 11.9 Å². The molecule has 0 saturated carbocycles. The standard InChI is InChI=1S/C15H16BrNO2S/c1-10(12-6-4-5-7-13(12)19-3)17(2)15(18)11-8-14(16)20-9-11/h4-10H,1-3H3. The molecule has 0 N–H and O–H groups in total. The van der Waals surface area contributed by atoms with Crippen molar-refractivity contribution in [3.05, 3.63) is 50.6 Å². The van der Waals surface area contributed by atoms with Crippen molar-refractivity contribution >= 4 is 33.2 Å². The maximum atomic E-state index is 12.4. The topological polar surface area (TPSA) is 29.5 Å². The lowest BCUT2D eigenvalue weighted by Gasteiger charge is -2.26. The molecule has 0 saturated heterocycles. The Labute approximate surface area is 131 Å². The highest BCUT2D eigenvalue weighted by atomic mass is 79.9. The van der Waals surface area contributed by atoms with Gasteiger partial charge in [-0.15, -0.1) is 11.3 Å². The molecule has 1 atom stereocenters. The smallest absolute Gasteiger partial charge is 0.254 e. The SMILES string of the molecule is COc1ccccc1C(C)N(C)C(=O)c1csc(Br)c1. The summed E-state index contributed by atoms with van der Waals surface area (Å²) in [5, 5.41) is 1.86. The van der Waals surface area contributed by atoms with Gasteiger partial charge < -0.3 is 9.64 Å². The second kappa shape index (κ2) is 6.41.